The number of hydrogen-bond donors (Lipinski definition) is 1. The molecular weight excluding hydrogens is 270 g/mol. The average Bonchev–Trinajstić information content (AvgIpc) is 2.47. The zero-order valence-corrected chi connectivity index (χ0v) is 11.1. The van der Waals surface area contributed by atoms with Crippen molar-refractivity contribution in [3.8, 4) is 11.8 Å². The molecule has 0 aliphatic carbocycles. The molecule has 0 aliphatic rings. The smallest absolute Gasteiger partial charge is 0.335 e. The van der Waals surface area contributed by atoms with Gasteiger partial charge in [0.15, 0.2) is 5.75 Å². The fourth-order valence-corrected chi connectivity index (χ4v) is 1.96. The third-order valence-corrected chi connectivity index (χ3v) is 2.88. The highest BCUT2D eigenvalue weighted by molar-refractivity contribution is 5.96. The van der Waals surface area contributed by atoms with Gasteiger partial charge in [0.2, 0.25) is 0 Å². The van der Waals surface area contributed by atoms with Crippen LogP contribution in [-0.4, -0.2) is 26.0 Å². The number of benzene rings is 1. The van der Waals surface area contributed by atoms with Crippen molar-refractivity contribution in [3.63, 3.8) is 0 Å². The predicted molar refractivity (Wildman–Crippen MR) is 75.5 cm³/mol. The Morgan fingerprint density at radius 2 is 1.90 bits per heavy atom. The summed E-state index contributed by atoms with van der Waals surface area (Å²) in [4.78, 5) is 23.5. The minimum Gasteiger partial charge on any atom is -0.478 e. The Kier molecular flexibility index (Phi) is 3.19. The van der Waals surface area contributed by atoms with Gasteiger partial charge in [-0.2, -0.15) is 0 Å². The minimum atomic E-state index is -1.03. The van der Waals surface area contributed by atoms with Crippen molar-refractivity contribution in [1.29, 1.82) is 0 Å². The zero-order valence-electron chi connectivity index (χ0n) is 11.1. The summed E-state index contributed by atoms with van der Waals surface area (Å²) in [5.41, 5.74) is 1.63. The lowest BCUT2D eigenvalue weighted by Gasteiger charge is -2.08. The van der Waals surface area contributed by atoms with Crippen molar-refractivity contribution in [2.75, 3.05) is 0 Å². The molecule has 6 nitrogen and oxygen atoms in total. The molecule has 1 N–H and O–H groups in total. The Balaban J connectivity index is 2.17. The largest absolute Gasteiger partial charge is 0.478 e. The van der Waals surface area contributed by atoms with E-state index < -0.39 is 5.97 Å². The van der Waals surface area contributed by atoms with Crippen molar-refractivity contribution in [2.45, 2.75) is 6.92 Å². The molecule has 0 aliphatic heterocycles. The summed E-state index contributed by atoms with van der Waals surface area (Å²) in [6.45, 7) is 1.89. The summed E-state index contributed by atoms with van der Waals surface area (Å²) in [6, 6.07) is 6.65. The highest BCUT2D eigenvalue weighted by Crippen LogP contribution is 2.29. The van der Waals surface area contributed by atoms with E-state index in [1.165, 1.54) is 6.07 Å². The number of fused-ring (bicyclic) bond motifs is 1. The summed E-state index contributed by atoms with van der Waals surface area (Å²) < 4.78 is 5.57. The number of carboxylic acid groups (broad SMARTS) is 1. The van der Waals surface area contributed by atoms with Crippen LogP contribution in [0, 0.1) is 6.92 Å². The molecule has 0 saturated carbocycles. The van der Waals surface area contributed by atoms with E-state index in [0.717, 1.165) is 5.56 Å². The van der Waals surface area contributed by atoms with Crippen LogP contribution in [-0.2, 0) is 0 Å². The van der Waals surface area contributed by atoms with Gasteiger partial charge in [-0.3, -0.25) is 4.98 Å². The molecule has 0 saturated heterocycles. The second kappa shape index (κ2) is 5.16. The maximum absolute atomic E-state index is 11.2. The van der Waals surface area contributed by atoms with Gasteiger partial charge in [-0.05, 0) is 36.8 Å². The second-order valence-electron chi connectivity index (χ2n) is 4.50. The first-order valence-electron chi connectivity index (χ1n) is 6.22. The maximum Gasteiger partial charge on any atom is 0.335 e. The molecule has 104 valence electrons. The summed E-state index contributed by atoms with van der Waals surface area (Å²) in [5, 5.41) is 9.89. The Bertz CT molecular complexity index is 819. The van der Waals surface area contributed by atoms with Crippen molar-refractivity contribution in [3.05, 3.63) is 54.0 Å². The van der Waals surface area contributed by atoms with Crippen LogP contribution < -0.4 is 4.74 Å². The zero-order chi connectivity index (χ0) is 14.8. The van der Waals surface area contributed by atoms with Gasteiger partial charge in [-0.1, -0.05) is 0 Å². The SMILES string of the molecule is Cc1cnc2c(Oc3ncccn3)cc(C(=O)O)cc2c1. The van der Waals surface area contributed by atoms with Gasteiger partial charge >= 0.3 is 12.0 Å². The van der Waals surface area contributed by atoms with E-state index in [4.69, 9.17) is 4.74 Å². The average molecular weight is 281 g/mol. The Hall–Kier alpha value is -3.02. The topological polar surface area (TPSA) is 85.2 Å². The molecule has 6 heteroatoms. The Morgan fingerprint density at radius 1 is 1.14 bits per heavy atom. The van der Waals surface area contributed by atoms with Crippen LogP contribution in [0.1, 0.15) is 15.9 Å². The molecule has 3 aromatic rings. The van der Waals surface area contributed by atoms with Crippen LogP contribution in [0.5, 0.6) is 11.8 Å². The number of carbonyl (C=O) groups is 1. The van der Waals surface area contributed by atoms with Gasteiger partial charge in [0, 0.05) is 24.0 Å². The van der Waals surface area contributed by atoms with Gasteiger partial charge < -0.3 is 9.84 Å². The predicted octanol–water partition coefficient (Wildman–Crippen LogP) is 2.82. The van der Waals surface area contributed by atoms with Crippen LogP contribution in [0.25, 0.3) is 10.9 Å². The third-order valence-electron chi connectivity index (χ3n) is 2.88. The molecule has 0 fully saturated rings. The lowest BCUT2D eigenvalue weighted by atomic mass is 10.1. The highest BCUT2D eigenvalue weighted by Gasteiger charge is 2.13. The van der Waals surface area contributed by atoms with Crippen molar-refractivity contribution < 1.29 is 14.6 Å². The molecular formula is C15H11N3O3. The van der Waals surface area contributed by atoms with Crippen LogP contribution in [0.4, 0.5) is 0 Å². The number of pyridine rings is 1. The maximum atomic E-state index is 11.2. The molecule has 0 unspecified atom stereocenters. The number of hydrogen-bond acceptors (Lipinski definition) is 5. The fourth-order valence-electron chi connectivity index (χ4n) is 1.96. The number of nitrogens with zero attached hydrogens (tertiary/aromatic N) is 3. The monoisotopic (exact) mass is 281 g/mol. The number of aryl methyl sites for hydroxylation is 1. The number of ether oxygens (including phenoxy) is 1. The minimum absolute atomic E-state index is 0.126. The van der Waals surface area contributed by atoms with Crippen molar-refractivity contribution in [1.82, 2.24) is 15.0 Å². The molecule has 2 heterocycles. The van der Waals surface area contributed by atoms with E-state index in [2.05, 4.69) is 15.0 Å². The lowest BCUT2D eigenvalue weighted by molar-refractivity contribution is 0.0696. The Labute approximate surface area is 120 Å². The molecule has 2 aromatic heterocycles. The molecule has 0 spiro atoms. The normalized spacial score (nSPS) is 10.5. The van der Waals surface area contributed by atoms with Crippen LogP contribution in [0.15, 0.2) is 42.9 Å². The summed E-state index contributed by atoms with van der Waals surface area (Å²) in [6.07, 6.45) is 4.79. The van der Waals surface area contributed by atoms with Gasteiger partial charge in [0.05, 0.1) is 5.56 Å². The van der Waals surface area contributed by atoms with Gasteiger partial charge in [0.25, 0.3) is 0 Å². The molecule has 0 amide bonds. The molecule has 3 rings (SSSR count). The molecule has 1 aromatic carbocycles. The Morgan fingerprint density at radius 3 is 2.62 bits per heavy atom. The van der Waals surface area contributed by atoms with E-state index in [0.29, 0.717) is 16.7 Å². The fraction of sp³-hybridized carbons (Fsp3) is 0.0667. The van der Waals surface area contributed by atoms with E-state index in [1.807, 2.05) is 13.0 Å². The summed E-state index contributed by atoms with van der Waals surface area (Å²) in [5.74, 6) is -0.715. The summed E-state index contributed by atoms with van der Waals surface area (Å²) in [7, 11) is 0. The first kappa shape index (κ1) is 13.0. The summed E-state index contributed by atoms with van der Waals surface area (Å²) >= 11 is 0. The van der Waals surface area contributed by atoms with Crippen LogP contribution >= 0.6 is 0 Å². The standard InChI is InChI=1S/C15H11N3O3/c1-9-5-10-6-11(14(19)20)7-12(13(10)18-8-9)21-15-16-3-2-4-17-15/h2-8H,1H3,(H,19,20). The molecule has 21 heavy (non-hydrogen) atoms. The number of rotatable bonds is 3. The first-order chi connectivity index (χ1) is 10.1. The van der Waals surface area contributed by atoms with Gasteiger partial charge in [-0.25, -0.2) is 14.8 Å². The molecule has 0 bridgehead atoms. The first-order valence-corrected chi connectivity index (χ1v) is 6.22. The van der Waals surface area contributed by atoms with Gasteiger partial charge in [-0.15, -0.1) is 0 Å². The van der Waals surface area contributed by atoms with Crippen molar-refractivity contribution >= 4 is 16.9 Å². The van der Waals surface area contributed by atoms with E-state index in [1.54, 1.807) is 30.7 Å². The van der Waals surface area contributed by atoms with E-state index in [-0.39, 0.29) is 11.6 Å². The quantitative estimate of drug-likeness (QED) is 0.794. The highest BCUT2D eigenvalue weighted by atomic mass is 16.5. The van der Waals surface area contributed by atoms with Crippen LogP contribution in [0.3, 0.4) is 0 Å². The number of carboxylic acids is 1. The second-order valence-corrected chi connectivity index (χ2v) is 4.50. The molecule has 0 atom stereocenters. The number of aromatic carboxylic acids is 1. The molecule has 0 radical (unpaired) electrons. The van der Waals surface area contributed by atoms with E-state index in [9.17, 15) is 9.90 Å². The lowest BCUT2D eigenvalue weighted by Crippen LogP contribution is -1.99. The number of aromatic nitrogens is 3. The van der Waals surface area contributed by atoms with Gasteiger partial charge in [0.1, 0.15) is 5.52 Å². The van der Waals surface area contributed by atoms with Crippen molar-refractivity contribution in [2.24, 2.45) is 0 Å². The third kappa shape index (κ3) is 2.64. The van der Waals surface area contributed by atoms with E-state index >= 15 is 0 Å². The van der Waals surface area contributed by atoms with Crippen LogP contribution in [0.2, 0.25) is 0 Å².